The van der Waals surface area contributed by atoms with E-state index >= 15 is 0 Å². The molecule has 1 heterocycles. The molecule has 33 heavy (non-hydrogen) atoms. The number of hydrogen-bond acceptors (Lipinski definition) is 4. The summed E-state index contributed by atoms with van der Waals surface area (Å²) in [7, 11) is 2.14. The number of carbonyl (C=O) groups excluding carboxylic acids is 2. The minimum absolute atomic E-state index is 0.0404. The van der Waals surface area contributed by atoms with Gasteiger partial charge in [-0.15, -0.1) is 0 Å². The van der Waals surface area contributed by atoms with E-state index in [1.807, 2.05) is 6.07 Å². The van der Waals surface area contributed by atoms with Gasteiger partial charge in [0.05, 0.1) is 6.07 Å². The molecule has 0 aromatic rings. The van der Waals surface area contributed by atoms with Gasteiger partial charge in [-0.05, 0) is 58.0 Å². The molecule has 3 amide bonds. The lowest BCUT2D eigenvalue weighted by Crippen LogP contribution is -2.63. The van der Waals surface area contributed by atoms with E-state index in [9.17, 15) is 23.6 Å². The van der Waals surface area contributed by atoms with Crippen molar-refractivity contribution in [3.05, 3.63) is 0 Å². The highest BCUT2D eigenvalue weighted by Gasteiger charge is 2.48. The Kier molecular flexibility index (Phi) is 7.57. The Hall–Kier alpha value is -1.95. The van der Waals surface area contributed by atoms with Crippen molar-refractivity contribution in [1.82, 2.24) is 20.4 Å². The predicted molar refractivity (Wildman–Crippen MR) is 122 cm³/mol. The van der Waals surface area contributed by atoms with Gasteiger partial charge in [0.1, 0.15) is 11.6 Å². The Bertz CT molecular complexity index is 767. The summed E-state index contributed by atoms with van der Waals surface area (Å²) in [5.74, 6) is -4.05. The second-order valence-corrected chi connectivity index (χ2v) is 11.0. The van der Waals surface area contributed by atoms with Crippen LogP contribution in [0.1, 0.15) is 72.1 Å². The van der Waals surface area contributed by atoms with E-state index in [0.29, 0.717) is 32.0 Å². The van der Waals surface area contributed by atoms with Crippen LogP contribution in [0.25, 0.3) is 0 Å². The minimum atomic E-state index is -3.09. The van der Waals surface area contributed by atoms with E-state index in [2.05, 4.69) is 29.5 Å². The summed E-state index contributed by atoms with van der Waals surface area (Å²) in [6, 6.07) is 0.858. The Labute approximate surface area is 196 Å². The molecule has 0 aromatic carbocycles. The molecule has 2 aliphatic carbocycles. The molecule has 3 fully saturated rings. The van der Waals surface area contributed by atoms with Crippen molar-refractivity contribution in [2.45, 2.75) is 95.7 Å². The molecule has 3 rings (SSSR count). The van der Waals surface area contributed by atoms with Gasteiger partial charge in [0.2, 0.25) is 5.91 Å². The molecule has 1 saturated heterocycles. The third-order valence-corrected chi connectivity index (χ3v) is 7.41. The first-order chi connectivity index (χ1) is 15.4. The molecule has 0 unspecified atom stereocenters. The fraction of sp³-hybridized carbons (Fsp3) is 0.875. The zero-order valence-corrected chi connectivity index (χ0v) is 20.4. The lowest BCUT2D eigenvalue weighted by atomic mass is 9.74. The Balaban J connectivity index is 1.58. The summed E-state index contributed by atoms with van der Waals surface area (Å²) in [5, 5.41) is 14.4. The third kappa shape index (κ3) is 6.78. The topological polar surface area (TPSA) is 88.5 Å². The maximum absolute atomic E-state index is 14.6. The van der Waals surface area contributed by atoms with Gasteiger partial charge >= 0.3 is 6.03 Å². The molecular weight excluding hydrogens is 428 g/mol. The highest BCUT2D eigenvalue weighted by molar-refractivity contribution is 5.88. The third-order valence-electron chi connectivity index (χ3n) is 7.41. The summed E-state index contributed by atoms with van der Waals surface area (Å²) in [5.41, 5.74) is -0.937. The molecule has 0 radical (unpaired) electrons. The lowest BCUT2D eigenvalue weighted by molar-refractivity contribution is -0.127. The number of nitriles is 1. The van der Waals surface area contributed by atoms with E-state index in [4.69, 9.17) is 0 Å². The number of halogens is 2. The van der Waals surface area contributed by atoms with Crippen LogP contribution in [0.5, 0.6) is 0 Å². The predicted octanol–water partition coefficient (Wildman–Crippen LogP) is 3.50. The fourth-order valence-corrected chi connectivity index (χ4v) is 4.72. The van der Waals surface area contributed by atoms with E-state index in [0.717, 1.165) is 19.4 Å². The van der Waals surface area contributed by atoms with Gasteiger partial charge in [0, 0.05) is 37.4 Å². The van der Waals surface area contributed by atoms with E-state index in [-0.39, 0.29) is 17.8 Å². The van der Waals surface area contributed by atoms with Crippen molar-refractivity contribution in [3.63, 3.8) is 0 Å². The first-order valence-electron chi connectivity index (χ1n) is 12.3. The zero-order valence-electron chi connectivity index (χ0n) is 20.4. The zero-order chi connectivity index (χ0) is 24.4. The number of rotatable bonds is 12. The van der Waals surface area contributed by atoms with Gasteiger partial charge in [-0.1, -0.05) is 20.8 Å². The summed E-state index contributed by atoms with van der Waals surface area (Å²) in [6.07, 6.45) is 4.29. The van der Waals surface area contributed by atoms with Crippen molar-refractivity contribution >= 4 is 11.9 Å². The Morgan fingerprint density at radius 2 is 1.88 bits per heavy atom. The highest BCUT2D eigenvalue weighted by Crippen LogP contribution is 2.39. The summed E-state index contributed by atoms with van der Waals surface area (Å²) >= 11 is 0. The van der Waals surface area contributed by atoms with Gasteiger partial charge < -0.3 is 20.4 Å². The number of carbonyl (C=O) groups is 2. The Morgan fingerprint density at radius 3 is 2.36 bits per heavy atom. The van der Waals surface area contributed by atoms with E-state index in [1.165, 1.54) is 12.8 Å². The van der Waals surface area contributed by atoms with Crippen LogP contribution in [0.15, 0.2) is 0 Å². The maximum Gasteiger partial charge on any atom is 0.318 e. The smallest absolute Gasteiger partial charge is 0.318 e. The number of nitrogens with zero attached hydrogens (tertiary/aromatic N) is 3. The summed E-state index contributed by atoms with van der Waals surface area (Å²) in [6.45, 7) is 7.62. The van der Waals surface area contributed by atoms with Crippen LogP contribution in [0, 0.1) is 22.7 Å². The number of likely N-dealkylation sites (tertiary alicyclic amines) is 1. The van der Waals surface area contributed by atoms with Crippen LogP contribution < -0.4 is 10.6 Å². The quantitative estimate of drug-likeness (QED) is 0.460. The van der Waals surface area contributed by atoms with Gasteiger partial charge in [-0.3, -0.25) is 4.79 Å². The molecule has 7 nitrogen and oxygen atoms in total. The number of nitrogens with one attached hydrogen (secondary N) is 2. The number of alkyl halides is 2. The van der Waals surface area contributed by atoms with Crippen LogP contribution in [0.2, 0.25) is 0 Å². The van der Waals surface area contributed by atoms with Gasteiger partial charge in [-0.25, -0.2) is 13.6 Å². The van der Waals surface area contributed by atoms with Gasteiger partial charge in [-0.2, -0.15) is 5.26 Å². The van der Waals surface area contributed by atoms with Crippen molar-refractivity contribution in [2.75, 3.05) is 26.7 Å². The normalized spacial score (nSPS) is 21.8. The molecule has 1 aliphatic heterocycles. The molecule has 0 bridgehead atoms. The van der Waals surface area contributed by atoms with Crippen LogP contribution >= 0.6 is 0 Å². The highest BCUT2D eigenvalue weighted by atomic mass is 19.3. The number of hydrogen-bond donors (Lipinski definition) is 2. The van der Waals surface area contributed by atoms with Gasteiger partial charge in [0.25, 0.3) is 5.92 Å². The molecule has 2 saturated carbocycles. The first kappa shape index (κ1) is 25.7. The summed E-state index contributed by atoms with van der Waals surface area (Å²) < 4.78 is 29.1. The molecule has 3 aliphatic rings. The van der Waals surface area contributed by atoms with Crippen LogP contribution in [-0.4, -0.2) is 72.0 Å². The average Bonchev–Trinajstić information content (AvgIpc) is 3.60. The second kappa shape index (κ2) is 9.73. The first-order valence-corrected chi connectivity index (χ1v) is 12.3. The van der Waals surface area contributed by atoms with Crippen molar-refractivity contribution in [2.24, 2.45) is 11.3 Å². The van der Waals surface area contributed by atoms with Crippen LogP contribution in [-0.2, 0) is 4.79 Å². The van der Waals surface area contributed by atoms with Crippen LogP contribution in [0.3, 0.4) is 0 Å². The SMILES string of the molecule is CCC1(CCN(C)C2CC2)CN(C(=O)N[C@@H](CC(F)(F)CC(C)C)C(=O)NC2(C#N)CC2)C1. The molecule has 0 aromatic heterocycles. The Morgan fingerprint density at radius 1 is 1.24 bits per heavy atom. The standard InChI is InChI=1S/C24H39F2N5O2/c1-5-22(10-11-30(4)18-6-7-18)15-31(16-22)21(33)28-19(13-24(25,26)12-17(2)3)20(32)29-23(14-27)8-9-23/h17-19H,5-13,15-16H2,1-4H3,(H,28,33)(H,29,32)/t19-/m0/s1. The average molecular weight is 468 g/mol. The van der Waals surface area contributed by atoms with E-state index < -0.39 is 35.9 Å². The number of urea groups is 1. The second-order valence-electron chi connectivity index (χ2n) is 11.0. The van der Waals surface area contributed by atoms with Crippen molar-refractivity contribution < 1.29 is 18.4 Å². The van der Waals surface area contributed by atoms with Crippen molar-refractivity contribution in [3.8, 4) is 6.07 Å². The molecule has 1 atom stereocenters. The maximum atomic E-state index is 14.6. The molecule has 186 valence electrons. The fourth-order valence-electron chi connectivity index (χ4n) is 4.72. The monoisotopic (exact) mass is 467 g/mol. The minimum Gasteiger partial charge on any atom is -0.336 e. The molecule has 9 heteroatoms. The lowest BCUT2D eigenvalue weighted by Gasteiger charge is -2.50. The number of amides is 3. The van der Waals surface area contributed by atoms with E-state index in [1.54, 1.807) is 18.7 Å². The largest absolute Gasteiger partial charge is 0.336 e. The van der Waals surface area contributed by atoms with Gasteiger partial charge in [0.15, 0.2) is 0 Å². The molecular formula is C24H39F2N5O2. The van der Waals surface area contributed by atoms with Crippen LogP contribution in [0.4, 0.5) is 13.6 Å². The van der Waals surface area contributed by atoms with Crippen molar-refractivity contribution in [1.29, 1.82) is 5.26 Å². The molecule has 2 N–H and O–H groups in total. The molecule has 0 spiro atoms. The summed E-state index contributed by atoms with van der Waals surface area (Å²) in [4.78, 5) is 29.6.